The van der Waals surface area contributed by atoms with Gasteiger partial charge in [0.1, 0.15) is 0 Å². The van der Waals surface area contributed by atoms with Crippen LogP contribution in [0, 0.1) is 5.92 Å². The van der Waals surface area contributed by atoms with Gasteiger partial charge in [0.25, 0.3) is 0 Å². The number of hydrogen-bond donors (Lipinski definition) is 0. The molecular weight excluding hydrogens is 302 g/mol. The third kappa shape index (κ3) is 3.53. The highest BCUT2D eigenvalue weighted by Gasteiger charge is 2.26. The predicted molar refractivity (Wildman–Crippen MR) is 72.0 cm³/mol. The molecule has 1 aliphatic heterocycles. The van der Waals surface area contributed by atoms with E-state index in [2.05, 4.69) is 33.0 Å². The van der Waals surface area contributed by atoms with E-state index in [4.69, 9.17) is 4.74 Å². The predicted octanol–water partition coefficient (Wildman–Crippen LogP) is 2.90. The van der Waals surface area contributed by atoms with Crippen LogP contribution in [-0.4, -0.2) is 31.1 Å². The summed E-state index contributed by atoms with van der Waals surface area (Å²) >= 11 is 5.22. The van der Waals surface area contributed by atoms with Crippen LogP contribution in [0.2, 0.25) is 0 Å². The molecule has 2 heterocycles. The Balaban J connectivity index is 1.91. The molecule has 5 heteroatoms. The van der Waals surface area contributed by atoms with E-state index in [1.165, 1.54) is 12.0 Å². The fourth-order valence-corrected chi connectivity index (χ4v) is 3.74. The number of hydrogen-bond acceptors (Lipinski definition) is 4. The van der Waals surface area contributed by atoms with E-state index >= 15 is 0 Å². The second-order valence-electron chi connectivity index (χ2n) is 4.30. The summed E-state index contributed by atoms with van der Waals surface area (Å²) in [6.07, 6.45) is 2.03. The number of esters is 1. The summed E-state index contributed by atoms with van der Waals surface area (Å²) in [6, 6.07) is 4.21. The highest BCUT2D eigenvalue weighted by atomic mass is 79.9. The van der Waals surface area contributed by atoms with Crippen LogP contribution in [0.4, 0.5) is 0 Å². The van der Waals surface area contributed by atoms with E-state index in [0.29, 0.717) is 0 Å². The van der Waals surface area contributed by atoms with Gasteiger partial charge in [0, 0.05) is 18.0 Å². The molecule has 1 aromatic heterocycles. The lowest BCUT2D eigenvalue weighted by atomic mass is 9.98. The summed E-state index contributed by atoms with van der Waals surface area (Å²) in [5, 5.41) is 0. The highest BCUT2D eigenvalue weighted by molar-refractivity contribution is 9.11. The van der Waals surface area contributed by atoms with Crippen molar-refractivity contribution < 1.29 is 9.53 Å². The van der Waals surface area contributed by atoms with Crippen molar-refractivity contribution in [3.05, 3.63) is 20.8 Å². The van der Waals surface area contributed by atoms with Crippen LogP contribution in [-0.2, 0) is 16.1 Å². The first kappa shape index (κ1) is 13.1. The molecule has 1 unspecified atom stereocenters. The van der Waals surface area contributed by atoms with Crippen LogP contribution in [0.1, 0.15) is 17.7 Å². The molecular formula is C12H16BrNO2S. The van der Waals surface area contributed by atoms with Gasteiger partial charge in [-0.05, 0) is 47.4 Å². The van der Waals surface area contributed by atoms with Crippen molar-refractivity contribution in [2.75, 3.05) is 20.2 Å². The lowest BCUT2D eigenvalue weighted by Gasteiger charge is -2.30. The average molecular weight is 318 g/mol. The van der Waals surface area contributed by atoms with Crippen LogP contribution in [0.5, 0.6) is 0 Å². The Morgan fingerprint density at radius 1 is 1.65 bits per heavy atom. The number of carbonyl (C=O) groups excluding carboxylic acids is 1. The monoisotopic (exact) mass is 317 g/mol. The average Bonchev–Trinajstić information content (AvgIpc) is 2.74. The maximum Gasteiger partial charge on any atom is 0.309 e. The van der Waals surface area contributed by atoms with Gasteiger partial charge < -0.3 is 4.74 Å². The first-order chi connectivity index (χ1) is 8.19. The summed E-state index contributed by atoms with van der Waals surface area (Å²) in [6.45, 7) is 2.83. The number of piperidine rings is 1. The minimum atomic E-state index is -0.0675. The smallest absolute Gasteiger partial charge is 0.309 e. The largest absolute Gasteiger partial charge is 0.469 e. The molecule has 1 fully saturated rings. The number of thiophene rings is 1. The molecule has 94 valence electrons. The molecule has 0 amide bonds. The second-order valence-corrected chi connectivity index (χ2v) is 6.85. The van der Waals surface area contributed by atoms with Gasteiger partial charge in [-0.25, -0.2) is 0 Å². The lowest BCUT2D eigenvalue weighted by Crippen LogP contribution is -2.38. The Bertz CT molecular complexity index is 394. The first-order valence-electron chi connectivity index (χ1n) is 5.73. The fraction of sp³-hybridized carbons (Fsp3) is 0.583. The van der Waals surface area contributed by atoms with Crippen molar-refractivity contribution in [2.45, 2.75) is 19.4 Å². The van der Waals surface area contributed by atoms with Gasteiger partial charge >= 0.3 is 5.97 Å². The topological polar surface area (TPSA) is 29.5 Å². The second kappa shape index (κ2) is 5.98. The molecule has 3 nitrogen and oxygen atoms in total. The molecule has 0 spiro atoms. The quantitative estimate of drug-likeness (QED) is 0.803. The zero-order chi connectivity index (χ0) is 12.3. The third-order valence-electron chi connectivity index (χ3n) is 3.05. The summed E-state index contributed by atoms with van der Waals surface area (Å²) in [4.78, 5) is 15.2. The molecule has 17 heavy (non-hydrogen) atoms. The summed E-state index contributed by atoms with van der Waals surface area (Å²) in [5.41, 5.74) is 0. The lowest BCUT2D eigenvalue weighted by molar-refractivity contribution is -0.147. The molecule has 1 aliphatic rings. The van der Waals surface area contributed by atoms with Crippen LogP contribution in [0.3, 0.4) is 0 Å². The van der Waals surface area contributed by atoms with Gasteiger partial charge in [-0.15, -0.1) is 11.3 Å². The molecule has 0 N–H and O–H groups in total. The molecule has 1 aromatic rings. The minimum Gasteiger partial charge on any atom is -0.469 e. The Hall–Kier alpha value is -0.390. The summed E-state index contributed by atoms with van der Waals surface area (Å²) in [5.74, 6) is -0.0146. The zero-order valence-electron chi connectivity index (χ0n) is 9.82. The standard InChI is InChI=1S/C12H16BrNO2S/c1-16-12(15)9-3-2-6-14(7-9)8-10-4-5-11(13)17-10/h4-5,9H,2-3,6-8H2,1H3. The molecule has 0 saturated carbocycles. The van der Waals surface area contributed by atoms with Gasteiger partial charge in [-0.3, -0.25) is 9.69 Å². The normalized spacial score (nSPS) is 21.4. The van der Waals surface area contributed by atoms with Gasteiger partial charge in [-0.1, -0.05) is 0 Å². The Morgan fingerprint density at radius 2 is 2.47 bits per heavy atom. The van der Waals surface area contributed by atoms with Crippen molar-refractivity contribution >= 4 is 33.2 Å². The van der Waals surface area contributed by atoms with Crippen molar-refractivity contribution in [3.63, 3.8) is 0 Å². The number of halogens is 1. The van der Waals surface area contributed by atoms with Gasteiger partial charge in [-0.2, -0.15) is 0 Å². The fourth-order valence-electron chi connectivity index (χ4n) is 2.22. The number of rotatable bonds is 3. The Kier molecular flexibility index (Phi) is 4.59. The Labute approximate surface area is 114 Å². The molecule has 0 bridgehead atoms. The van der Waals surface area contributed by atoms with Crippen molar-refractivity contribution in [3.8, 4) is 0 Å². The summed E-state index contributed by atoms with van der Waals surface area (Å²) in [7, 11) is 1.47. The third-order valence-corrected chi connectivity index (χ3v) is 4.66. The minimum absolute atomic E-state index is 0.0529. The van der Waals surface area contributed by atoms with Crippen LogP contribution < -0.4 is 0 Å². The zero-order valence-corrected chi connectivity index (χ0v) is 12.2. The number of carbonyl (C=O) groups is 1. The highest BCUT2D eigenvalue weighted by Crippen LogP contribution is 2.25. The van der Waals surface area contributed by atoms with Crippen molar-refractivity contribution in [1.29, 1.82) is 0 Å². The molecule has 2 rings (SSSR count). The van der Waals surface area contributed by atoms with Gasteiger partial charge in [0.2, 0.25) is 0 Å². The van der Waals surface area contributed by atoms with Gasteiger partial charge in [0.05, 0.1) is 16.8 Å². The maximum atomic E-state index is 11.5. The van der Waals surface area contributed by atoms with E-state index in [1.807, 2.05) is 0 Å². The molecule has 1 atom stereocenters. The first-order valence-corrected chi connectivity index (χ1v) is 7.34. The maximum absolute atomic E-state index is 11.5. The van der Waals surface area contributed by atoms with Gasteiger partial charge in [0.15, 0.2) is 0 Å². The van der Waals surface area contributed by atoms with Crippen molar-refractivity contribution in [2.24, 2.45) is 5.92 Å². The number of ether oxygens (including phenoxy) is 1. The van der Waals surface area contributed by atoms with E-state index < -0.39 is 0 Å². The van der Waals surface area contributed by atoms with E-state index in [9.17, 15) is 4.79 Å². The molecule has 0 aromatic carbocycles. The van der Waals surface area contributed by atoms with Crippen LogP contribution in [0.25, 0.3) is 0 Å². The van der Waals surface area contributed by atoms with E-state index in [-0.39, 0.29) is 11.9 Å². The molecule has 1 saturated heterocycles. The number of nitrogens with zero attached hydrogens (tertiary/aromatic N) is 1. The number of likely N-dealkylation sites (tertiary alicyclic amines) is 1. The molecule has 0 radical (unpaired) electrons. The van der Waals surface area contributed by atoms with E-state index in [1.54, 1.807) is 11.3 Å². The number of methoxy groups -OCH3 is 1. The van der Waals surface area contributed by atoms with Crippen LogP contribution >= 0.6 is 27.3 Å². The van der Waals surface area contributed by atoms with Crippen molar-refractivity contribution in [1.82, 2.24) is 4.90 Å². The SMILES string of the molecule is COC(=O)C1CCCN(Cc2ccc(Br)s2)C1. The van der Waals surface area contributed by atoms with Crippen LogP contribution in [0.15, 0.2) is 15.9 Å². The molecule has 0 aliphatic carbocycles. The van der Waals surface area contributed by atoms with E-state index in [0.717, 1.165) is 36.3 Å². The Morgan fingerprint density at radius 3 is 3.12 bits per heavy atom. The summed E-state index contributed by atoms with van der Waals surface area (Å²) < 4.78 is 5.98.